The molecule has 62 valence electrons. The molecule has 0 heterocycles. The summed E-state index contributed by atoms with van der Waals surface area (Å²) in [5.74, 6) is 1.52. The maximum Gasteiger partial charge on any atom is -0.00904 e. The van der Waals surface area contributed by atoms with E-state index in [4.69, 9.17) is 0 Å². The van der Waals surface area contributed by atoms with Crippen molar-refractivity contribution in [1.29, 1.82) is 0 Å². The van der Waals surface area contributed by atoms with E-state index in [1.54, 1.807) is 0 Å². The van der Waals surface area contributed by atoms with Gasteiger partial charge < -0.3 is 0 Å². The van der Waals surface area contributed by atoms with Gasteiger partial charge in [0.2, 0.25) is 0 Å². The monoisotopic (exact) mass is 158 g/mol. The minimum atomic E-state index is 0.757. The summed E-state index contributed by atoms with van der Waals surface area (Å²) in [6.45, 7) is 6.13. The van der Waals surface area contributed by atoms with Crippen molar-refractivity contribution < 1.29 is 0 Å². The van der Waals surface area contributed by atoms with Gasteiger partial charge in [-0.2, -0.15) is 0 Å². The zero-order valence-electron chi connectivity index (χ0n) is 7.46. The van der Waals surface area contributed by atoms with Crippen molar-refractivity contribution in [3.8, 4) is 0 Å². The Morgan fingerprint density at radius 1 is 1.33 bits per heavy atom. The molecule has 1 aliphatic carbocycles. The molecule has 2 atom stereocenters. The van der Waals surface area contributed by atoms with Gasteiger partial charge in [0, 0.05) is 0 Å². The predicted octanol–water partition coefficient (Wildman–Crippen LogP) is 3.37. The maximum absolute atomic E-state index is 3.99. The second-order valence-corrected chi connectivity index (χ2v) is 3.71. The van der Waals surface area contributed by atoms with Crippen LogP contribution in [0.25, 0.3) is 0 Å². The lowest BCUT2D eigenvalue weighted by atomic mass is 10.1. The van der Waals surface area contributed by atoms with Gasteiger partial charge in [0.1, 0.15) is 0 Å². The van der Waals surface area contributed by atoms with Crippen LogP contribution in [0.4, 0.5) is 0 Å². The molecule has 0 nitrogen and oxygen atoms in total. The number of benzene rings is 1. The highest BCUT2D eigenvalue weighted by Crippen LogP contribution is 2.50. The molecule has 0 heteroatoms. The van der Waals surface area contributed by atoms with E-state index in [9.17, 15) is 0 Å². The Kier molecular flexibility index (Phi) is 1.76. The predicted molar refractivity (Wildman–Crippen MR) is 52.1 cm³/mol. The second kappa shape index (κ2) is 2.78. The molecule has 0 saturated heterocycles. The Hall–Kier alpha value is -1.04. The average molecular weight is 158 g/mol. The number of rotatable bonds is 2. The molecular formula is C12H14. The van der Waals surface area contributed by atoms with Gasteiger partial charge in [0.05, 0.1) is 0 Å². The third-order valence-corrected chi connectivity index (χ3v) is 2.65. The van der Waals surface area contributed by atoms with E-state index in [1.807, 2.05) is 0 Å². The normalized spacial score (nSPS) is 26.8. The summed E-state index contributed by atoms with van der Waals surface area (Å²) in [7, 11) is 0. The van der Waals surface area contributed by atoms with Gasteiger partial charge in [0.15, 0.2) is 0 Å². The van der Waals surface area contributed by atoms with Gasteiger partial charge in [-0.05, 0) is 30.7 Å². The molecule has 2 rings (SSSR count). The number of hydrogen-bond acceptors (Lipinski definition) is 0. The highest BCUT2D eigenvalue weighted by atomic mass is 14.4. The van der Waals surface area contributed by atoms with Gasteiger partial charge in [-0.3, -0.25) is 0 Å². The maximum atomic E-state index is 3.99. The molecular weight excluding hydrogens is 144 g/mol. The first-order chi connectivity index (χ1) is 5.79. The van der Waals surface area contributed by atoms with Gasteiger partial charge in [-0.25, -0.2) is 0 Å². The van der Waals surface area contributed by atoms with Crippen molar-refractivity contribution >= 4 is 0 Å². The van der Waals surface area contributed by atoms with Crippen LogP contribution in [0.3, 0.4) is 0 Å². The molecule has 0 N–H and O–H groups in total. The van der Waals surface area contributed by atoms with E-state index in [1.165, 1.54) is 17.6 Å². The van der Waals surface area contributed by atoms with E-state index in [0.717, 1.165) is 11.8 Å². The summed E-state index contributed by atoms with van der Waals surface area (Å²) in [6.07, 6.45) is 1.30. The highest BCUT2D eigenvalue weighted by molar-refractivity contribution is 5.30. The van der Waals surface area contributed by atoms with Crippen LogP contribution in [0.1, 0.15) is 24.8 Å². The van der Waals surface area contributed by atoms with E-state index in [-0.39, 0.29) is 0 Å². The molecule has 1 aromatic rings. The Labute approximate surface area is 73.9 Å². The Bertz CT molecular complexity index is 284. The lowest BCUT2D eigenvalue weighted by Gasteiger charge is -1.98. The summed E-state index contributed by atoms with van der Waals surface area (Å²) in [6, 6.07) is 10.7. The third kappa shape index (κ3) is 1.29. The molecule has 0 radical (unpaired) electrons. The molecule has 0 bridgehead atoms. The van der Waals surface area contributed by atoms with E-state index in [0.29, 0.717) is 0 Å². The molecule has 1 aromatic carbocycles. The van der Waals surface area contributed by atoms with E-state index >= 15 is 0 Å². The fraction of sp³-hybridized carbons (Fsp3) is 0.333. The van der Waals surface area contributed by atoms with Crippen LogP contribution in [0.15, 0.2) is 42.5 Å². The molecule has 0 spiro atoms. The molecule has 0 aromatic heterocycles. The minimum Gasteiger partial charge on any atom is -0.0998 e. The Balaban J connectivity index is 2.11. The first-order valence-corrected chi connectivity index (χ1v) is 4.49. The first-order valence-electron chi connectivity index (χ1n) is 4.49. The van der Waals surface area contributed by atoms with Crippen LogP contribution in [0.5, 0.6) is 0 Å². The summed E-state index contributed by atoms with van der Waals surface area (Å²) in [5, 5.41) is 0. The lowest BCUT2D eigenvalue weighted by Crippen LogP contribution is -1.82. The fourth-order valence-corrected chi connectivity index (χ4v) is 1.81. The van der Waals surface area contributed by atoms with Crippen LogP contribution in [0, 0.1) is 5.92 Å². The van der Waals surface area contributed by atoms with Crippen molar-refractivity contribution in [3.05, 3.63) is 48.0 Å². The summed E-state index contributed by atoms with van der Waals surface area (Å²) < 4.78 is 0. The fourth-order valence-electron chi connectivity index (χ4n) is 1.81. The van der Waals surface area contributed by atoms with Crippen LogP contribution < -0.4 is 0 Å². The minimum absolute atomic E-state index is 0.757. The lowest BCUT2D eigenvalue weighted by molar-refractivity contribution is 0.945. The molecule has 1 saturated carbocycles. The number of allylic oxidation sites excluding steroid dienone is 1. The Morgan fingerprint density at radius 2 is 2.00 bits per heavy atom. The van der Waals surface area contributed by atoms with Gasteiger partial charge >= 0.3 is 0 Å². The second-order valence-electron chi connectivity index (χ2n) is 3.71. The third-order valence-electron chi connectivity index (χ3n) is 2.65. The standard InChI is InChI=1S/C12H14/c1-9(2)11-8-12(11)10-6-4-3-5-7-10/h3-7,11-12H,1,8H2,2H3. The van der Waals surface area contributed by atoms with E-state index < -0.39 is 0 Å². The molecule has 2 unspecified atom stereocenters. The van der Waals surface area contributed by atoms with Crippen LogP contribution in [0.2, 0.25) is 0 Å². The largest absolute Gasteiger partial charge is 0.0998 e. The molecule has 1 fully saturated rings. The molecule has 0 amide bonds. The van der Waals surface area contributed by atoms with Crippen molar-refractivity contribution in [3.63, 3.8) is 0 Å². The summed E-state index contributed by atoms with van der Waals surface area (Å²) >= 11 is 0. The Morgan fingerprint density at radius 3 is 2.50 bits per heavy atom. The van der Waals surface area contributed by atoms with Crippen molar-refractivity contribution in [2.45, 2.75) is 19.3 Å². The zero-order chi connectivity index (χ0) is 8.55. The van der Waals surface area contributed by atoms with Crippen molar-refractivity contribution in [1.82, 2.24) is 0 Å². The molecule has 12 heavy (non-hydrogen) atoms. The highest BCUT2D eigenvalue weighted by Gasteiger charge is 2.38. The van der Waals surface area contributed by atoms with Gasteiger partial charge in [-0.1, -0.05) is 42.5 Å². The summed E-state index contributed by atoms with van der Waals surface area (Å²) in [4.78, 5) is 0. The molecule has 0 aliphatic heterocycles. The van der Waals surface area contributed by atoms with Crippen LogP contribution >= 0.6 is 0 Å². The van der Waals surface area contributed by atoms with Gasteiger partial charge in [0.25, 0.3) is 0 Å². The van der Waals surface area contributed by atoms with Crippen LogP contribution in [-0.2, 0) is 0 Å². The topological polar surface area (TPSA) is 0 Å². The SMILES string of the molecule is C=C(C)C1CC1c1ccccc1. The van der Waals surface area contributed by atoms with Crippen molar-refractivity contribution in [2.75, 3.05) is 0 Å². The quantitative estimate of drug-likeness (QED) is 0.579. The van der Waals surface area contributed by atoms with Gasteiger partial charge in [-0.15, -0.1) is 0 Å². The van der Waals surface area contributed by atoms with Crippen LogP contribution in [-0.4, -0.2) is 0 Å². The number of hydrogen-bond donors (Lipinski definition) is 0. The zero-order valence-corrected chi connectivity index (χ0v) is 7.46. The average Bonchev–Trinajstić information content (AvgIpc) is 2.84. The van der Waals surface area contributed by atoms with E-state index in [2.05, 4.69) is 43.8 Å². The van der Waals surface area contributed by atoms with Crippen molar-refractivity contribution in [2.24, 2.45) is 5.92 Å². The smallest absolute Gasteiger partial charge is 0.00904 e. The molecule has 1 aliphatic rings. The summed E-state index contributed by atoms with van der Waals surface area (Å²) in [5.41, 5.74) is 2.81. The first kappa shape index (κ1) is 7.60.